The molecule has 6 nitrogen and oxygen atoms in total. The molecule has 2 N–H and O–H groups in total. The van der Waals surface area contributed by atoms with Crippen LogP contribution >= 0.6 is 24.0 Å². The van der Waals surface area contributed by atoms with Crippen LogP contribution in [0.3, 0.4) is 0 Å². The molecule has 1 aliphatic rings. The number of guanidine groups is 1. The minimum absolute atomic E-state index is 0. The van der Waals surface area contributed by atoms with Gasteiger partial charge in [0.15, 0.2) is 5.96 Å². The lowest BCUT2D eigenvalue weighted by Gasteiger charge is -2.31. The fourth-order valence-electron chi connectivity index (χ4n) is 2.96. The molecule has 1 aromatic rings. The first-order valence-corrected chi connectivity index (χ1v) is 10.2. The van der Waals surface area contributed by atoms with Crippen LogP contribution in [0.1, 0.15) is 32.3 Å². The average molecular weight is 504 g/mol. The minimum atomic E-state index is 0. The third-order valence-electron chi connectivity index (χ3n) is 4.68. The highest BCUT2D eigenvalue weighted by Crippen LogP contribution is 2.11. The van der Waals surface area contributed by atoms with E-state index in [-0.39, 0.29) is 24.0 Å². The number of aryl methyl sites for hydroxylation is 1. The number of halogens is 1. The third-order valence-corrected chi connectivity index (χ3v) is 4.68. The van der Waals surface area contributed by atoms with E-state index in [1.807, 2.05) is 12.1 Å². The zero-order valence-electron chi connectivity index (χ0n) is 17.6. The van der Waals surface area contributed by atoms with Gasteiger partial charge >= 0.3 is 0 Å². The van der Waals surface area contributed by atoms with Crippen LogP contribution in [0.4, 0.5) is 0 Å². The quantitative estimate of drug-likeness (QED) is 0.222. The van der Waals surface area contributed by atoms with Gasteiger partial charge in [0.25, 0.3) is 0 Å². The summed E-state index contributed by atoms with van der Waals surface area (Å²) in [6, 6.07) is 8.65. The van der Waals surface area contributed by atoms with Gasteiger partial charge in [-0.15, -0.1) is 24.0 Å². The van der Waals surface area contributed by atoms with Gasteiger partial charge in [-0.2, -0.15) is 0 Å². The number of morpholine rings is 1. The number of rotatable bonds is 10. The van der Waals surface area contributed by atoms with Gasteiger partial charge in [0, 0.05) is 32.2 Å². The minimum Gasteiger partial charge on any atom is -0.494 e. The molecule has 1 unspecified atom stereocenters. The fraction of sp³-hybridized carbons (Fsp3) is 0.667. The lowest BCUT2D eigenvalue weighted by molar-refractivity contribution is 0.0220. The highest BCUT2D eigenvalue weighted by atomic mass is 127. The molecule has 0 spiro atoms. The van der Waals surface area contributed by atoms with E-state index in [2.05, 4.69) is 48.4 Å². The van der Waals surface area contributed by atoms with Crippen molar-refractivity contribution < 1.29 is 9.47 Å². The Labute approximate surface area is 187 Å². The molecule has 7 heteroatoms. The lowest BCUT2D eigenvalue weighted by Crippen LogP contribution is -2.44. The number of unbranched alkanes of at least 4 members (excludes halogenated alkanes) is 1. The summed E-state index contributed by atoms with van der Waals surface area (Å²) in [5.41, 5.74) is 1.25. The molecule has 160 valence electrons. The second-order valence-corrected chi connectivity index (χ2v) is 7.01. The maximum atomic E-state index is 5.77. The summed E-state index contributed by atoms with van der Waals surface area (Å²) >= 11 is 0. The van der Waals surface area contributed by atoms with Crippen LogP contribution in [0, 0.1) is 6.92 Å². The van der Waals surface area contributed by atoms with Crippen molar-refractivity contribution in [1.29, 1.82) is 0 Å². The molecular formula is C21H37IN4O2. The SMILES string of the molecule is CCNC(=NCC(C)N1CCOCC1)NCCCCOc1ccc(C)cc1.I. The molecular weight excluding hydrogens is 467 g/mol. The van der Waals surface area contributed by atoms with Crippen LogP contribution in [-0.4, -0.2) is 69.4 Å². The van der Waals surface area contributed by atoms with Gasteiger partial charge in [0.2, 0.25) is 0 Å². The average Bonchev–Trinajstić information content (AvgIpc) is 2.70. The van der Waals surface area contributed by atoms with Crippen molar-refractivity contribution in [3.63, 3.8) is 0 Å². The molecule has 0 radical (unpaired) electrons. The summed E-state index contributed by atoms with van der Waals surface area (Å²) in [7, 11) is 0. The van der Waals surface area contributed by atoms with Crippen LogP contribution in [0.2, 0.25) is 0 Å². The fourth-order valence-corrected chi connectivity index (χ4v) is 2.96. The van der Waals surface area contributed by atoms with Crippen LogP contribution in [0.5, 0.6) is 5.75 Å². The summed E-state index contributed by atoms with van der Waals surface area (Å²) in [5.74, 6) is 1.85. The third kappa shape index (κ3) is 9.93. The molecule has 0 saturated carbocycles. The molecule has 1 atom stereocenters. The van der Waals surface area contributed by atoms with E-state index in [4.69, 9.17) is 14.5 Å². The monoisotopic (exact) mass is 504 g/mol. The Morgan fingerprint density at radius 2 is 1.89 bits per heavy atom. The highest BCUT2D eigenvalue weighted by Gasteiger charge is 2.16. The smallest absolute Gasteiger partial charge is 0.191 e. The zero-order valence-corrected chi connectivity index (χ0v) is 19.9. The molecule has 0 aromatic heterocycles. The van der Waals surface area contributed by atoms with Crippen molar-refractivity contribution in [2.45, 2.75) is 39.7 Å². The van der Waals surface area contributed by atoms with Gasteiger partial charge in [-0.3, -0.25) is 9.89 Å². The first kappa shape index (κ1) is 25.0. The Kier molecular flexibility index (Phi) is 13.3. The summed E-state index contributed by atoms with van der Waals surface area (Å²) in [6.07, 6.45) is 2.07. The maximum Gasteiger partial charge on any atom is 0.191 e. The van der Waals surface area contributed by atoms with Gasteiger partial charge in [0.05, 0.1) is 26.4 Å². The Bertz CT molecular complexity index is 548. The Morgan fingerprint density at radius 1 is 1.18 bits per heavy atom. The largest absolute Gasteiger partial charge is 0.494 e. The first-order valence-electron chi connectivity index (χ1n) is 10.2. The van der Waals surface area contributed by atoms with E-state index in [9.17, 15) is 0 Å². The predicted octanol–water partition coefficient (Wildman–Crippen LogP) is 3.05. The van der Waals surface area contributed by atoms with Gasteiger partial charge < -0.3 is 20.1 Å². The molecule has 2 rings (SSSR count). The molecule has 0 amide bonds. The van der Waals surface area contributed by atoms with Crippen molar-refractivity contribution >= 4 is 29.9 Å². The number of benzene rings is 1. The molecule has 1 saturated heterocycles. The normalized spacial score (nSPS) is 16.2. The number of ether oxygens (including phenoxy) is 2. The number of aliphatic imine (C=N–C) groups is 1. The van der Waals surface area contributed by atoms with E-state index in [0.29, 0.717) is 6.04 Å². The van der Waals surface area contributed by atoms with Crippen molar-refractivity contribution in [3.8, 4) is 5.75 Å². The van der Waals surface area contributed by atoms with E-state index in [1.165, 1.54) is 5.56 Å². The molecule has 1 heterocycles. The summed E-state index contributed by atoms with van der Waals surface area (Å²) < 4.78 is 11.2. The van der Waals surface area contributed by atoms with E-state index in [0.717, 1.165) is 77.1 Å². The standard InChI is InChI=1S/C21H36N4O2.HI/c1-4-22-21(24-17-19(3)25-12-15-26-16-13-25)23-11-5-6-14-27-20-9-7-18(2)8-10-20;/h7-10,19H,4-6,11-17H2,1-3H3,(H2,22,23,24);1H. The predicted molar refractivity (Wildman–Crippen MR) is 127 cm³/mol. The Balaban J connectivity index is 0.00000392. The van der Waals surface area contributed by atoms with Crippen molar-refractivity contribution in [3.05, 3.63) is 29.8 Å². The second kappa shape index (κ2) is 14.9. The van der Waals surface area contributed by atoms with Gasteiger partial charge in [-0.1, -0.05) is 17.7 Å². The topological polar surface area (TPSA) is 58.1 Å². The molecule has 1 aliphatic heterocycles. The molecule has 1 aromatic carbocycles. The summed E-state index contributed by atoms with van der Waals surface area (Å²) in [6.45, 7) is 13.4. The van der Waals surface area contributed by atoms with Crippen LogP contribution in [0.15, 0.2) is 29.3 Å². The number of hydrogen-bond acceptors (Lipinski definition) is 4. The second-order valence-electron chi connectivity index (χ2n) is 7.01. The number of hydrogen-bond donors (Lipinski definition) is 2. The van der Waals surface area contributed by atoms with Gasteiger partial charge in [-0.05, 0) is 45.7 Å². The zero-order chi connectivity index (χ0) is 19.3. The molecule has 1 fully saturated rings. The molecule has 0 aliphatic carbocycles. The lowest BCUT2D eigenvalue weighted by atomic mass is 10.2. The molecule has 28 heavy (non-hydrogen) atoms. The van der Waals surface area contributed by atoms with Crippen LogP contribution in [0.25, 0.3) is 0 Å². The highest BCUT2D eigenvalue weighted by molar-refractivity contribution is 14.0. The number of nitrogens with zero attached hydrogens (tertiary/aromatic N) is 2. The van der Waals surface area contributed by atoms with E-state index in [1.54, 1.807) is 0 Å². The van der Waals surface area contributed by atoms with Gasteiger partial charge in [0.1, 0.15) is 5.75 Å². The van der Waals surface area contributed by atoms with Crippen molar-refractivity contribution in [2.24, 2.45) is 4.99 Å². The maximum absolute atomic E-state index is 5.77. The summed E-state index contributed by atoms with van der Waals surface area (Å²) in [5, 5.41) is 6.75. The summed E-state index contributed by atoms with van der Waals surface area (Å²) in [4.78, 5) is 7.19. The van der Waals surface area contributed by atoms with Crippen LogP contribution in [-0.2, 0) is 4.74 Å². The van der Waals surface area contributed by atoms with E-state index >= 15 is 0 Å². The molecule has 0 bridgehead atoms. The van der Waals surface area contributed by atoms with Gasteiger partial charge in [-0.25, -0.2) is 0 Å². The Morgan fingerprint density at radius 3 is 2.57 bits per heavy atom. The van der Waals surface area contributed by atoms with Crippen LogP contribution < -0.4 is 15.4 Å². The van der Waals surface area contributed by atoms with Crippen molar-refractivity contribution in [2.75, 3.05) is 52.5 Å². The van der Waals surface area contributed by atoms with E-state index < -0.39 is 0 Å². The Hall–Kier alpha value is -1.06. The van der Waals surface area contributed by atoms with Crippen molar-refractivity contribution in [1.82, 2.24) is 15.5 Å². The number of nitrogens with one attached hydrogen (secondary N) is 2. The first-order chi connectivity index (χ1) is 13.2.